The summed E-state index contributed by atoms with van der Waals surface area (Å²) in [5.41, 5.74) is 6.73. The zero-order chi connectivity index (χ0) is 12.1. The molecule has 0 bridgehead atoms. The number of carbonyl (C=O) groups excluding carboxylic acids is 1. The number of hydrogen-bond acceptors (Lipinski definition) is 4. The normalized spacial score (nSPS) is 10.6. The Bertz CT molecular complexity index is 416. The van der Waals surface area contributed by atoms with Gasteiger partial charge in [0.2, 0.25) is 0 Å². The summed E-state index contributed by atoms with van der Waals surface area (Å²) in [7, 11) is 2.90. The summed E-state index contributed by atoms with van der Waals surface area (Å²) >= 11 is 0. The molecule has 0 unspecified atom stereocenters. The van der Waals surface area contributed by atoms with Crippen molar-refractivity contribution >= 4 is 17.7 Å². The number of rotatable bonds is 3. The van der Waals surface area contributed by atoms with Crippen LogP contribution < -0.4 is 5.73 Å². The Labute approximate surface area is 93.7 Å². The van der Waals surface area contributed by atoms with E-state index in [1.165, 1.54) is 38.4 Å². The van der Waals surface area contributed by atoms with E-state index >= 15 is 0 Å². The molecule has 0 radical (unpaired) electrons. The molecule has 0 aromatic heterocycles. The number of carbonyl (C=O) groups is 1. The van der Waals surface area contributed by atoms with E-state index in [0.717, 1.165) is 5.06 Å². The molecule has 1 aromatic rings. The van der Waals surface area contributed by atoms with E-state index < -0.39 is 0 Å². The number of amides is 1. The fourth-order valence-corrected chi connectivity index (χ4v) is 1.06. The molecule has 86 valence electrons. The minimum absolute atomic E-state index is 0.0985. The van der Waals surface area contributed by atoms with Crippen molar-refractivity contribution in [3.05, 3.63) is 29.8 Å². The second kappa shape index (κ2) is 5.18. The minimum atomic E-state index is -0.315. The predicted octanol–water partition coefficient (Wildman–Crippen LogP) is 1.01. The van der Waals surface area contributed by atoms with Crippen molar-refractivity contribution in [2.45, 2.75) is 0 Å². The second-order valence-corrected chi connectivity index (χ2v) is 3.16. The number of hydroxylamine groups is 2. The molecule has 0 saturated carbocycles. The van der Waals surface area contributed by atoms with Crippen molar-refractivity contribution in [2.24, 2.45) is 0 Å². The first kappa shape index (κ1) is 12.1. The lowest BCUT2D eigenvalue weighted by atomic mass is 10.1. The van der Waals surface area contributed by atoms with Crippen LogP contribution in [-0.2, 0) is 9.63 Å². The lowest BCUT2D eigenvalue weighted by Gasteiger charge is -2.10. The number of aromatic hydroxyl groups is 1. The first-order valence-corrected chi connectivity index (χ1v) is 4.63. The standard InChI is InChI=1S/C11H14N2O3/c1-13(16-2)11(15)6-3-8-7-9(14)4-5-10(8)12/h3-7,14H,12H2,1-2H3/b6-3+. The van der Waals surface area contributed by atoms with Gasteiger partial charge in [-0.05, 0) is 24.3 Å². The van der Waals surface area contributed by atoms with Gasteiger partial charge in [-0.15, -0.1) is 0 Å². The van der Waals surface area contributed by atoms with Crippen molar-refractivity contribution in [3.63, 3.8) is 0 Å². The maximum absolute atomic E-state index is 11.4. The number of phenolic OH excluding ortho intramolecular Hbond substituents is 1. The van der Waals surface area contributed by atoms with Crippen LogP contribution in [-0.4, -0.2) is 30.2 Å². The van der Waals surface area contributed by atoms with Crippen LogP contribution in [0.1, 0.15) is 5.56 Å². The number of anilines is 1. The van der Waals surface area contributed by atoms with Gasteiger partial charge < -0.3 is 10.8 Å². The maximum atomic E-state index is 11.4. The van der Waals surface area contributed by atoms with Crippen LogP contribution in [0.2, 0.25) is 0 Å². The van der Waals surface area contributed by atoms with E-state index in [1.807, 2.05) is 0 Å². The smallest absolute Gasteiger partial charge is 0.269 e. The molecule has 0 heterocycles. The Morgan fingerprint density at radius 2 is 2.25 bits per heavy atom. The van der Waals surface area contributed by atoms with Gasteiger partial charge in [0, 0.05) is 24.4 Å². The van der Waals surface area contributed by atoms with E-state index in [9.17, 15) is 9.90 Å². The molecule has 0 aliphatic heterocycles. The molecule has 1 rings (SSSR count). The zero-order valence-corrected chi connectivity index (χ0v) is 9.18. The van der Waals surface area contributed by atoms with Gasteiger partial charge in [0.15, 0.2) is 0 Å². The van der Waals surface area contributed by atoms with Crippen molar-refractivity contribution in [2.75, 3.05) is 19.9 Å². The number of phenols is 1. The summed E-state index contributed by atoms with van der Waals surface area (Å²) < 4.78 is 0. The first-order valence-electron chi connectivity index (χ1n) is 4.63. The van der Waals surface area contributed by atoms with Gasteiger partial charge in [-0.1, -0.05) is 0 Å². The summed E-state index contributed by atoms with van der Waals surface area (Å²) in [4.78, 5) is 16.1. The molecule has 3 N–H and O–H groups in total. The summed E-state index contributed by atoms with van der Waals surface area (Å²) in [6.07, 6.45) is 2.83. The molecular weight excluding hydrogens is 208 g/mol. The third-order valence-electron chi connectivity index (χ3n) is 2.06. The van der Waals surface area contributed by atoms with Gasteiger partial charge in [-0.2, -0.15) is 0 Å². The highest BCUT2D eigenvalue weighted by Crippen LogP contribution is 2.19. The fourth-order valence-electron chi connectivity index (χ4n) is 1.06. The zero-order valence-electron chi connectivity index (χ0n) is 9.18. The van der Waals surface area contributed by atoms with Crippen LogP contribution in [0.4, 0.5) is 5.69 Å². The monoisotopic (exact) mass is 222 g/mol. The number of benzene rings is 1. The number of hydrogen-bond donors (Lipinski definition) is 2. The van der Waals surface area contributed by atoms with E-state index in [4.69, 9.17) is 10.6 Å². The lowest BCUT2D eigenvalue weighted by molar-refractivity contribution is -0.162. The summed E-state index contributed by atoms with van der Waals surface area (Å²) in [6.45, 7) is 0. The van der Waals surface area contributed by atoms with E-state index in [-0.39, 0.29) is 11.7 Å². The highest BCUT2D eigenvalue weighted by molar-refractivity contribution is 5.91. The molecule has 5 nitrogen and oxygen atoms in total. The minimum Gasteiger partial charge on any atom is -0.508 e. The van der Waals surface area contributed by atoms with Crippen LogP contribution in [0.15, 0.2) is 24.3 Å². The van der Waals surface area contributed by atoms with Crippen molar-refractivity contribution in [3.8, 4) is 5.75 Å². The Morgan fingerprint density at radius 3 is 2.88 bits per heavy atom. The maximum Gasteiger partial charge on any atom is 0.269 e. The van der Waals surface area contributed by atoms with Gasteiger partial charge in [-0.3, -0.25) is 9.63 Å². The van der Waals surface area contributed by atoms with Gasteiger partial charge in [-0.25, -0.2) is 5.06 Å². The predicted molar refractivity (Wildman–Crippen MR) is 61.3 cm³/mol. The second-order valence-electron chi connectivity index (χ2n) is 3.16. The summed E-state index contributed by atoms with van der Waals surface area (Å²) in [5.74, 6) is -0.216. The molecule has 1 aromatic carbocycles. The van der Waals surface area contributed by atoms with Crippen molar-refractivity contribution < 1.29 is 14.7 Å². The molecular formula is C11H14N2O3. The van der Waals surface area contributed by atoms with Crippen LogP contribution in [0.5, 0.6) is 5.75 Å². The lowest BCUT2D eigenvalue weighted by Crippen LogP contribution is -2.22. The van der Waals surface area contributed by atoms with Gasteiger partial charge in [0.25, 0.3) is 5.91 Å². The largest absolute Gasteiger partial charge is 0.508 e. The van der Waals surface area contributed by atoms with Gasteiger partial charge >= 0.3 is 0 Å². The summed E-state index contributed by atoms with van der Waals surface area (Å²) in [5, 5.41) is 10.3. The van der Waals surface area contributed by atoms with Crippen LogP contribution in [0.25, 0.3) is 6.08 Å². The average molecular weight is 222 g/mol. The molecule has 1 amide bonds. The SMILES string of the molecule is CON(C)C(=O)/C=C/c1cc(O)ccc1N. The van der Waals surface area contributed by atoms with Crippen LogP contribution >= 0.6 is 0 Å². The highest BCUT2D eigenvalue weighted by Gasteiger charge is 2.03. The van der Waals surface area contributed by atoms with Crippen molar-refractivity contribution in [1.29, 1.82) is 0 Å². The fraction of sp³-hybridized carbons (Fsp3) is 0.182. The number of nitrogens with two attached hydrogens (primary N) is 1. The van der Waals surface area contributed by atoms with Crippen LogP contribution in [0, 0.1) is 0 Å². The van der Waals surface area contributed by atoms with E-state index in [0.29, 0.717) is 11.3 Å². The average Bonchev–Trinajstić information content (AvgIpc) is 2.28. The Balaban J connectivity index is 2.84. The third-order valence-corrected chi connectivity index (χ3v) is 2.06. The van der Waals surface area contributed by atoms with Gasteiger partial charge in [0.05, 0.1) is 7.11 Å². The Kier molecular flexibility index (Phi) is 3.90. The topological polar surface area (TPSA) is 75.8 Å². The first-order chi connectivity index (χ1) is 7.54. The highest BCUT2D eigenvalue weighted by atomic mass is 16.7. The van der Waals surface area contributed by atoms with Gasteiger partial charge in [0.1, 0.15) is 5.75 Å². The quantitative estimate of drug-likeness (QED) is 0.346. The molecule has 0 aliphatic rings. The van der Waals surface area contributed by atoms with Crippen molar-refractivity contribution in [1.82, 2.24) is 5.06 Å². The Morgan fingerprint density at radius 1 is 1.56 bits per heavy atom. The van der Waals surface area contributed by atoms with Crippen LogP contribution in [0.3, 0.4) is 0 Å². The molecule has 16 heavy (non-hydrogen) atoms. The van der Waals surface area contributed by atoms with E-state index in [1.54, 1.807) is 6.07 Å². The molecule has 0 fully saturated rings. The molecule has 5 heteroatoms. The third kappa shape index (κ3) is 2.99. The van der Waals surface area contributed by atoms with E-state index in [2.05, 4.69) is 0 Å². The number of nitrogen functional groups attached to an aromatic ring is 1. The Hall–Kier alpha value is -2.01. The number of nitrogens with zero attached hydrogens (tertiary/aromatic N) is 1. The molecule has 0 aliphatic carbocycles. The summed E-state index contributed by atoms with van der Waals surface area (Å²) in [6, 6.07) is 4.53. The molecule has 0 saturated heterocycles. The number of likely N-dealkylation sites (N-methyl/N-ethyl adjacent to an activating group) is 1. The molecule has 0 atom stereocenters. The molecule has 0 spiro atoms.